The Morgan fingerprint density at radius 3 is 2.29 bits per heavy atom. The first-order valence-electron chi connectivity index (χ1n) is 5.98. The maximum absolute atomic E-state index is 13.5. The van der Waals surface area contributed by atoms with Crippen molar-refractivity contribution in [2.45, 2.75) is 40.0 Å². The van der Waals surface area contributed by atoms with Crippen LogP contribution in [0, 0.1) is 24.5 Å². The van der Waals surface area contributed by atoms with Crippen molar-refractivity contribution in [3.63, 3.8) is 0 Å². The van der Waals surface area contributed by atoms with Crippen LogP contribution in [0.15, 0.2) is 12.1 Å². The van der Waals surface area contributed by atoms with Gasteiger partial charge in [0.2, 0.25) is 0 Å². The lowest BCUT2D eigenvalue weighted by Crippen LogP contribution is -2.10. The molecular weight excluding hydrogens is 222 g/mol. The highest BCUT2D eigenvalue weighted by Gasteiger charge is 2.17. The molecule has 0 aliphatic rings. The minimum absolute atomic E-state index is 0.0100. The molecule has 1 nitrogen and oxygen atoms in total. The van der Waals surface area contributed by atoms with E-state index < -0.39 is 11.6 Å². The highest BCUT2D eigenvalue weighted by Crippen LogP contribution is 2.20. The Morgan fingerprint density at radius 2 is 1.76 bits per heavy atom. The molecular formula is C14H18F2O. The van der Waals surface area contributed by atoms with Crippen LogP contribution in [-0.2, 0) is 0 Å². The maximum atomic E-state index is 13.5. The number of rotatable bonds is 5. The zero-order valence-corrected chi connectivity index (χ0v) is 10.5. The number of ketones is 1. The van der Waals surface area contributed by atoms with Gasteiger partial charge in [0.1, 0.15) is 11.6 Å². The van der Waals surface area contributed by atoms with Crippen molar-refractivity contribution in [2.24, 2.45) is 5.92 Å². The highest BCUT2D eigenvalue weighted by atomic mass is 19.1. The van der Waals surface area contributed by atoms with E-state index >= 15 is 0 Å². The number of hydrogen-bond acceptors (Lipinski definition) is 1. The quantitative estimate of drug-likeness (QED) is 0.702. The average molecular weight is 240 g/mol. The third-order valence-corrected chi connectivity index (χ3v) is 3.18. The molecule has 1 aromatic carbocycles. The first-order chi connectivity index (χ1) is 7.99. The molecule has 0 unspecified atom stereocenters. The summed E-state index contributed by atoms with van der Waals surface area (Å²) in [5.74, 6) is -1.34. The molecule has 94 valence electrons. The molecule has 0 radical (unpaired) electrons. The lowest BCUT2D eigenvalue weighted by Gasteiger charge is -2.11. The molecule has 0 aliphatic heterocycles. The molecule has 0 atom stereocenters. The Morgan fingerprint density at radius 1 is 1.18 bits per heavy atom. The van der Waals surface area contributed by atoms with Gasteiger partial charge in [0.15, 0.2) is 5.78 Å². The zero-order chi connectivity index (χ0) is 13.0. The molecule has 3 heteroatoms. The third kappa shape index (κ3) is 3.35. The Labute approximate surface area is 101 Å². The first-order valence-corrected chi connectivity index (χ1v) is 5.98. The van der Waals surface area contributed by atoms with E-state index in [1.165, 1.54) is 13.0 Å². The summed E-state index contributed by atoms with van der Waals surface area (Å²) in [4.78, 5) is 11.9. The lowest BCUT2D eigenvalue weighted by atomic mass is 9.93. The van der Waals surface area contributed by atoms with E-state index in [1.807, 2.05) is 13.8 Å². The van der Waals surface area contributed by atoms with Crippen LogP contribution in [0.3, 0.4) is 0 Å². The number of carbonyl (C=O) groups is 1. The Balaban J connectivity index is 2.93. The predicted octanol–water partition coefficient (Wildman–Crippen LogP) is 4.28. The largest absolute Gasteiger partial charge is 0.294 e. The molecule has 0 saturated heterocycles. The predicted molar refractivity (Wildman–Crippen MR) is 64.1 cm³/mol. The molecule has 0 heterocycles. The number of benzene rings is 1. The second kappa shape index (κ2) is 5.89. The van der Waals surface area contributed by atoms with Crippen LogP contribution in [0.4, 0.5) is 8.78 Å². The van der Waals surface area contributed by atoms with Crippen LogP contribution in [0.25, 0.3) is 0 Å². The van der Waals surface area contributed by atoms with Crippen LogP contribution in [0.1, 0.15) is 49.0 Å². The summed E-state index contributed by atoms with van der Waals surface area (Å²) in [6.45, 7) is 5.55. The van der Waals surface area contributed by atoms with Crippen molar-refractivity contribution in [2.75, 3.05) is 0 Å². The average Bonchev–Trinajstić information content (AvgIpc) is 2.30. The van der Waals surface area contributed by atoms with Crippen LogP contribution >= 0.6 is 0 Å². The molecule has 0 N–H and O–H groups in total. The SMILES string of the molecule is CCC(CC)CC(=O)c1cc(C)c(F)cc1F. The summed E-state index contributed by atoms with van der Waals surface area (Å²) in [5.41, 5.74) is 0.315. The molecule has 0 aromatic heterocycles. The van der Waals surface area contributed by atoms with Crippen molar-refractivity contribution in [1.82, 2.24) is 0 Å². The molecule has 0 aliphatic carbocycles. The Bertz CT molecular complexity index is 409. The Kier molecular flexibility index (Phi) is 4.79. The summed E-state index contributed by atoms with van der Waals surface area (Å²) in [6, 6.07) is 2.09. The van der Waals surface area contributed by atoms with E-state index in [0.29, 0.717) is 12.0 Å². The maximum Gasteiger partial charge on any atom is 0.166 e. The van der Waals surface area contributed by atoms with Gasteiger partial charge in [-0.05, 0) is 24.5 Å². The van der Waals surface area contributed by atoms with Crippen LogP contribution in [0.2, 0.25) is 0 Å². The number of halogens is 2. The van der Waals surface area contributed by atoms with Gasteiger partial charge in [0.05, 0.1) is 5.56 Å². The lowest BCUT2D eigenvalue weighted by molar-refractivity contribution is 0.0954. The first kappa shape index (κ1) is 13.8. The van der Waals surface area contributed by atoms with Gasteiger partial charge in [-0.3, -0.25) is 4.79 Å². The van der Waals surface area contributed by atoms with E-state index in [-0.39, 0.29) is 17.3 Å². The van der Waals surface area contributed by atoms with Crippen molar-refractivity contribution in [1.29, 1.82) is 0 Å². The van der Waals surface area contributed by atoms with Gasteiger partial charge in [0, 0.05) is 12.5 Å². The van der Waals surface area contributed by atoms with Crippen molar-refractivity contribution in [3.05, 3.63) is 34.9 Å². The summed E-state index contributed by atoms with van der Waals surface area (Å²) >= 11 is 0. The van der Waals surface area contributed by atoms with Crippen LogP contribution < -0.4 is 0 Å². The van der Waals surface area contributed by atoms with Gasteiger partial charge in [0.25, 0.3) is 0 Å². The molecule has 1 aromatic rings. The molecule has 0 amide bonds. The number of hydrogen-bond donors (Lipinski definition) is 0. The van der Waals surface area contributed by atoms with Crippen LogP contribution in [0.5, 0.6) is 0 Å². The number of aryl methyl sites for hydroxylation is 1. The van der Waals surface area contributed by atoms with Gasteiger partial charge < -0.3 is 0 Å². The summed E-state index contributed by atoms with van der Waals surface area (Å²) < 4.78 is 26.5. The molecule has 1 rings (SSSR count). The number of carbonyl (C=O) groups excluding carboxylic acids is 1. The molecule has 0 spiro atoms. The smallest absolute Gasteiger partial charge is 0.166 e. The normalized spacial score (nSPS) is 10.9. The van der Waals surface area contributed by atoms with Crippen molar-refractivity contribution in [3.8, 4) is 0 Å². The highest BCUT2D eigenvalue weighted by molar-refractivity contribution is 5.96. The zero-order valence-electron chi connectivity index (χ0n) is 10.5. The second-order valence-corrected chi connectivity index (χ2v) is 4.39. The molecule has 0 saturated carbocycles. The fourth-order valence-corrected chi connectivity index (χ4v) is 1.82. The van der Waals surface area contributed by atoms with E-state index in [0.717, 1.165) is 18.9 Å². The van der Waals surface area contributed by atoms with Crippen LogP contribution in [-0.4, -0.2) is 5.78 Å². The van der Waals surface area contributed by atoms with Gasteiger partial charge in [-0.15, -0.1) is 0 Å². The van der Waals surface area contributed by atoms with Crippen molar-refractivity contribution >= 4 is 5.78 Å². The Hall–Kier alpha value is -1.25. The summed E-state index contributed by atoms with van der Waals surface area (Å²) in [7, 11) is 0. The van der Waals surface area contributed by atoms with Gasteiger partial charge in [-0.2, -0.15) is 0 Å². The van der Waals surface area contributed by atoms with Gasteiger partial charge in [-0.25, -0.2) is 8.78 Å². The molecule has 0 fully saturated rings. The summed E-state index contributed by atoms with van der Waals surface area (Å²) in [5, 5.41) is 0. The summed E-state index contributed by atoms with van der Waals surface area (Å²) in [6.07, 6.45) is 2.11. The van der Waals surface area contributed by atoms with E-state index in [2.05, 4.69) is 0 Å². The van der Waals surface area contributed by atoms with Gasteiger partial charge in [-0.1, -0.05) is 26.7 Å². The topological polar surface area (TPSA) is 17.1 Å². The minimum Gasteiger partial charge on any atom is -0.294 e. The standard InChI is InChI=1S/C14H18F2O/c1-4-10(5-2)7-14(17)11-6-9(3)12(15)8-13(11)16/h6,8,10H,4-5,7H2,1-3H3. The van der Waals surface area contributed by atoms with E-state index in [1.54, 1.807) is 0 Å². The van der Waals surface area contributed by atoms with E-state index in [9.17, 15) is 13.6 Å². The fraction of sp³-hybridized carbons (Fsp3) is 0.500. The molecule has 0 bridgehead atoms. The van der Waals surface area contributed by atoms with E-state index in [4.69, 9.17) is 0 Å². The van der Waals surface area contributed by atoms with Gasteiger partial charge >= 0.3 is 0 Å². The third-order valence-electron chi connectivity index (χ3n) is 3.18. The minimum atomic E-state index is -0.760. The number of Topliss-reactive ketones (excluding diaryl/α,β-unsaturated/α-hetero) is 1. The second-order valence-electron chi connectivity index (χ2n) is 4.39. The monoisotopic (exact) mass is 240 g/mol. The molecule has 17 heavy (non-hydrogen) atoms. The van der Waals surface area contributed by atoms with Crippen molar-refractivity contribution < 1.29 is 13.6 Å². The fourth-order valence-electron chi connectivity index (χ4n) is 1.82.